The number of nitrogens with zero attached hydrogens (tertiary/aromatic N) is 1. The third kappa shape index (κ3) is 7.06. The number of nitrogens with one attached hydrogen (secondary N) is 2. The minimum Gasteiger partial charge on any atom is -0.496 e. The van der Waals surface area contributed by atoms with Crippen LogP contribution in [-0.2, 0) is 11.4 Å². The third-order valence-corrected chi connectivity index (χ3v) is 5.45. The molecule has 0 aliphatic carbocycles. The molecule has 0 radical (unpaired) electrons. The van der Waals surface area contributed by atoms with Crippen LogP contribution in [0.5, 0.6) is 11.5 Å². The van der Waals surface area contributed by atoms with Crippen LogP contribution in [0.3, 0.4) is 0 Å². The molecule has 9 heteroatoms. The Kier molecular flexibility index (Phi) is 8.86. The predicted octanol–water partition coefficient (Wildman–Crippen LogP) is 4.57. The van der Waals surface area contributed by atoms with Crippen molar-refractivity contribution in [2.24, 2.45) is 5.10 Å². The molecule has 0 atom stereocenters. The van der Waals surface area contributed by atoms with E-state index in [1.807, 2.05) is 24.3 Å². The van der Waals surface area contributed by atoms with Crippen molar-refractivity contribution in [3.8, 4) is 11.5 Å². The van der Waals surface area contributed by atoms with Gasteiger partial charge in [-0.3, -0.25) is 9.59 Å². The van der Waals surface area contributed by atoms with Crippen LogP contribution < -0.4 is 20.2 Å². The average Bonchev–Trinajstić information content (AvgIpc) is 2.83. The lowest BCUT2D eigenvalue weighted by atomic mass is 10.2. The summed E-state index contributed by atoms with van der Waals surface area (Å²) in [6.07, 6.45) is 1.49. The first-order valence-corrected chi connectivity index (χ1v) is 11.0. The van der Waals surface area contributed by atoms with Crippen LogP contribution in [0.4, 0.5) is 0 Å². The van der Waals surface area contributed by atoms with Crippen molar-refractivity contribution in [2.45, 2.75) is 6.61 Å². The summed E-state index contributed by atoms with van der Waals surface area (Å²) in [5, 5.41) is 7.10. The predicted molar refractivity (Wildman–Crippen MR) is 131 cm³/mol. The van der Waals surface area contributed by atoms with E-state index in [0.717, 1.165) is 15.6 Å². The maximum absolute atomic E-state index is 12.2. The van der Waals surface area contributed by atoms with Gasteiger partial charge in [-0.2, -0.15) is 5.10 Å². The van der Waals surface area contributed by atoms with Gasteiger partial charge in [0.05, 0.1) is 29.9 Å². The molecule has 0 heterocycles. The zero-order valence-corrected chi connectivity index (χ0v) is 20.0. The summed E-state index contributed by atoms with van der Waals surface area (Å²) in [6.45, 7) is 0.106. The highest BCUT2D eigenvalue weighted by Gasteiger charge is 2.12. The van der Waals surface area contributed by atoms with Crippen LogP contribution >= 0.6 is 27.5 Å². The largest absolute Gasteiger partial charge is 0.496 e. The second-order valence-corrected chi connectivity index (χ2v) is 8.01. The van der Waals surface area contributed by atoms with E-state index >= 15 is 0 Å². The van der Waals surface area contributed by atoms with Crippen molar-refractivity contribution in [3.63, 3.8) is 0 Å². The number of hydrazone groups is 1. The Morgan fingerprint density at radius 1 is 1.06 bits per heavy atom. The average molecular weight is 531 g/mol. The molecule has 33 heavy (non-hydrogen) atoms. The van der Waals surface area contributed by atoms with E-state index in [1.54, 1.807) is 42.5 Å². The van der Waals surface area contributed by atoms with Crippen molar-refractivity contribution in [2.75, 3.05) is 13.7 Å². The maximum atomic E-state index is 12.2. The lowest BCUT2D eigenvalue weighted by Gasteiger charge is -2.10. The summed E-state index contributed by atoms with van der Waals surface area (Å²) in [4.78, 5) is 24.2. The topological polar surface area (TPSA) is 89.0 Å². The Morgan fingerprint density at radius 2 is 1.82 bits per heavy atom. The first-order valence-electron chi connectivity index (χ1n) is 9.87. The molecule has 2 N–H and O–H groups in total. The minimum absolute atomic E-state index is 0.229. The van der Waals surface area contributed by atoms with Gasteiger partial charge >= 0.3 is 0 Å². The molecule has 0 spiro atoms. The van der Waals surface area contributed by atoms with Crippen LogP contribution in [0.25, 0.3) is 0 Å². The molecule has 0 saturated heterocycles. The summed E-state index contributed by atoms with van der Waals surface area (Å²) < 4.78 is 11.7. The highest BCUT2D eigenvalue weighted by molar-refractivity contribution is 9.10. The second-order valence-electron chi connectivity index (χ2n) is 6.75. The first kappa shape index (κ1) is 24.3. The fourth-order valence-electron chi connectivity index (χ4n) is 2.79. The number of hydrogen-bond acceptors (Lipinski definition) is 5. The van der Waals surface area contributed by atoms with E-state index in [2.05, 4.69) is 31.8 Å². The number of carbonyl (C=O) groups is 2. The molecule has 7 nitrogen and oxygen atoms in total. The van der Waals surface area contributed by atoms with Gasteiger partial charge in [-0.1, -0.05) is 41.9 Å². The lowest BCUT2D eigenvalue weighted by Crippen LogP contribution is -2.35. The number of hydrogen-bond donors (Lipinski definition) is 2. The second kappa shape index (κ2) is 12.0. The minimum atomic E-state index is -0.465. The van der Waals surface area contributed by atoms with Gasteiger partial charge in [0.25, 0.3) is 11.8 Å². The molecule has 3 rings (SSSR count). The molecule has 3 aromatic rings. The fraction of sp³-hybridized carbons (Fsp3) is 0.125. The van der Waals surface area contributed by atoms with Gasteiger partial charge in [0.1, 0.15) is 18.1 Å². The summed E-state index contributed by atoms with van der Waals surface area (Å²) in [6, 6.07) is 19.6. The number of methoxy groups -OCH3 is 1. The highest BCUT2D eigenvalue weighted by atomic mass is 79.9. The standard InChI is InChI=1S/C24H21BrClN3O4/c1-32-21-9-5-3-7-18(21)24(31)27-14-23(30)29-28-13-16-10-11-22(19(25)12-16)33-15-17-6-2-4-8-20(17)26/h2-13H,14-15H2,1H3,(H,27,31)(H,29,30). The molecule has 0 fully saturated rings. The van der Waals surface area contributed by atoms with E-state index in [9.17, 15) is 9.59 Å². The summed E-state index contributed by atoms with van der Waals surface area (Å²) in [5.41, 5.74) is 4.35. The van der Waals surface area contributed by atoms with E-state index in [-0.39, 0.29) is 6.54 Å². The van der Waals surface area contributed by atoms with Crippen molar-refractivity contribution in [3.05, 3.63) is 92.9 Å². The monoisotopic (exact) mass is 529 g/mol. The summed E-state index contributed by atoms with van der Waals surface area (Å²) >= 11 is 9.62. The van der Waals surface area contributed by atoms with Gasteiger partial charge in [0.15, 0.2) is 0 Å². The number of amides is 2. The van der Waals surface area contributed by atoms with Gasteiger partial charge in [0, 0.05) is 10.6 Å². The molecule has 0 aromatic heterocycles. The SMILES string of the molecule is COc1ccccc1C(=O)NCC(=O)NN=Cc1ccc(OCc2ccccc2Cl)c(Br)c1. The van der Waals surface area contributed by atoms with Crippen molar-refractivity contribution >= 4 is 45.6 Å². The zero-order chi connectivity index (χ0) is 23.6. The maximum Gasteiger partial charge on any atom is 0.259 e. The molecular formula is C24H21BrClN3O4. The molecule has 0 aliphatic rings. The van der Waals surface area contributed by atoms with Crippen LogP contribution in [0, 0.1) is 0 Å². The molecule has 3 aromatic carbocycles. The molecule has 0 unspecified atom stereocenters. The Bertz CT molecular complexity index is 1170. The Morgan fingerprint density at radius 3 is 2.58 bits per heavy atom. The Hall–Kier alpha value is -3.36. The van der Waals surface area contributed by atoms with Crippen molar-refractivity contribution in [1.82, 2.24) is 10.7 Å². The number of rotatable bonds is 9. The summed E-state index contributed by atoms with van der Waals surface area (Å²) in [5.74, 6) is 0.199. The van der Waals surface area contributed by atoms with Crippen LogP contribution in [0.1, 0.15) is 21.5 Å². The third-order valence-electron chi connectivity index (χ3n) is 4.46. The Balaban J connectivity index is 1.48. The van der Waals surface area contributed by atoms with Crippen LogP contribution in [-0.4, -0.2) is 31.7 Å². The van der Waals surface area contributed by atoms with Gasteiger partial charge < -0.3 is 14.8 Å². The molecular weight excluding hydrogens is 510 g/mol. The number of benzene rings is 3. The molecule has 170 valence electrons. The Labute approximate surface area is 204 Å². The van der Waals surface area contributed by atoms with Gasteiger partial charge in [0.2, 0.25) is 0 Å². The smallest absolute Gasteiger partial charge is 0.259 e. The van der Waals surface area contributed by atoms with Gasteiger partial charge in [-0.25, -0.2) is 5.43 Å². The summed E-state index contributed by atoms with van der Waals surface area (Å²) in [7, 11) is 1.48. The quantitative estimate of drug-likeness (QED) is 0.313. The molecule has 0 bridgehead atoms. The molecule has 2 amide bonds. The van der Waals surface area contributed by atoms with Crippen molar-refractivity contribution in [1.29, 1.82) is 0 Å². The number of para-hydroxylation sites is 1. The fourth-order valence-corrected chi connectivity index (χ4v) is 3.49. The van der Waals surface area contributed by atoms with E-state index in [0.29, 0.717) is 28.7 Å². The normalized spacial score (nSPS) is 10.6. The van der Waals surface area contributed by atoms with Gasteiger partial charge in [-0.05, 0) is 57.9 Å². The zero-order valence-electron chi connectivity index (χ0n) is 17.7. The number of halogens is 2. The first-order chi connectivity index (χ1) is 16.0. The van der Waals surface area contributed by atoms with Crippen molar-refractivity contribution < 1.29 is 19.1 Å². The van der Waals surface area contributed by atoms with E-state index in [4.69, 9.17) is 21.1 Å². The molecule has 0 saturated carbocycles. The van der Waals surface area contributed by atoms with Gasteiger partial charge in [-0.15, -0.1) is 0 Å². The number of carbonyl (C=O) groups excluding carboxylic acids is 2. The highest BCUT2D eigenvalue weighted by Crippen LogP contribution is 2.27. The van der Waals surface area contributed by atoms with Crippen LogP contribution in [0.2, 0.25) is 5.02 Å². The van der Waals surface area contributed by atoms with Crippen LogP contribution in [0.15, 0.2) is 76.3 Å². The van der Waals surface area contributed by atoms with E-state index < -0.39 is 11.8 Å². The lowest BCUT2D eigenvalue weighted by molar-refractivity contribution is -0.120. The number of ether oxygens (including phenoxy) is 2. The molecule has 0 aliphatic heterocycles. The van der Waals surface area contributed by atoms with E-state index in [1.165, 1.54) is 13.3 Å².